The van der Waals surface area contributed by atoms with Crippen LogP contribution in [0.3, 0.4) is 0 Å². The summed E-state index contributed by atoms with van der Waals surface area (Å²) in [6.07, 6.45) is -3.68. The van der Waals surface area contributed by atoms with Gasteiger partial charge in [-0.15, -0.1) is 0 Å². The average Bonchev–Trinajstić information content (AvgIpc) is 2.25. The van der Waals surface area contributed by atoms with Crippen LogP contribution in [0.15, 0.2) is 18.3 Å². The van der Waals surface area contributed by atoms with Crippen molar-refractivity contribution in [3.63, 3.8) is 0 Å². The molecule has 0 aliphatic rings. The predicted molar refractivity (Wildman–Crippen MR) is 52.9 cm³/mol. The van der Waals surface area contributed by atoms with Gasteiger partial charge in [0.1, 0.15) is 5.82 Å². The summed E-state index contributed by atoms with van der Waals surface area (Å²) >= 11 is 0. The fourth-order valence-corrected chi connectivity index (χ4v) is 1.11. The lowest BCUT2D eigenvalue weighted by molar-refractivity contribution is -0.132. The van der Waals surface area contributed by atoms with Crippen LogP contribution in [0, 0.1) is 11.3 Å². The quantitative estimate of drug-likeness (QED) is 0.798. The molecule has 1 heterocycles. The van der Waals surface area contributed by atoms with E-state index in [2.05, 4.69) is 4.98 Å². The van der Waals surface area contributed by atoms with Gasteiger partial charge in [0.25, 0.3) is 0 Å². The fraction of sp³-hybridized carbons (Fsp3) is 0.400. The van der Waals surface area contributed by atoms with Crippen LogP contribution in [0.4, 0.5) is 19.0 Å². The Balaban J connectivity index is 2.66. The first-order valence-electron chi connectivity index (χ1n) is 4.56. The van der Waals surface area contributed by atoms with Gasteiger partial charge in [-0.3, -0.25) is 0 Å². The summed E-state index contributed by atoms with van der Waals surface area (Å²) in [6, 6.07) is 4.86. The van der Waals surface area contributed by atoms with Gasteiger partial charge in [0.2, 0.25) is 0 Å². The molecular formula is C10H10F3N3. The SMILES string of the molecule is CN(CCC(F)(F)F)c1cc(C#N)ccn1. The van der Waals surface area contributed by atoms with E-state index in [0.29, 0.717) is 11.4 Å². The number of hydrogen-bond donors (Lipinski definition) is 0. The monoisotopic (exact) mass is 229 g/mol. The molecule has 0 aromatic carbocycles. The summed E-state index contributed by atoms with van der Waals surface area (Å²) in [5.74, 6) is 0.364. The van der Waals surface area contributed by atoms with Crippen LogP contribution in [-0.2, 0) is 0 Å². The van der Waals surface area contributed by atoms with E-state index < -0.39 is 12.6 Å². The van der Waals surface area contributed by atoms with Crippen molar-refractivity contribution >= 4 is 5.82 Å². The molecule has 1 aromatic heterocycles. The van der Waals surface area contributed by atoms with Crippen molar-refractivity contribution in [2.24, 2.45) is 0 Å². The number of pyridine rings is 1. The molecule has 0 aliphatic heterocycles. The Bertz CT molecular complexity index is 395. The minimum Gasteiger partial charge on any atom is -0.359 e. The molecule has 0 unspecified atom stereocenters. The second-order valence-electron chi connectivity index (χ2n) is 3.30. The first-order chi connectivity index (χ1) is 7.42. The summed E-state index contributed by atoms with van der Waals surface area (Å²) in [6.45, 7) is -0.175. The van der Waals surface area contributed by atoms with E-state index in [1.807, 2.05) is 6.07 Å². The molecule has 0 saturated carbocycles. The third kappa shape index (κ3) is 3.77. The number of rotatable bonds is 3. The van der Waals surface area contributed by atoms with Gasteiger partial charge >= 0.3 is 6.18 Å². The van der Waals surface area contributed by atoms with Crippen LogP contribution >= 0.6 is 0 Å². The van der Waals surface area contributed by atoms with Crippen LogP contribution in [0.25, 0.3) is 0 Å². The highest BCUT2D eigenvalue weighted by Gasteiger charge is 2.27. The van der Waals surface area contributed by atoms with Crippen LogP contribution in [0.5, 0.6) is 0 Å². The minimum absolute atomic E-state index is 0.175. The maximum Gasteiger partial charge on any atom is 0.390 e. The van der Waals surface area contributed by atoms with Crippen molar-refractivity contribution in [3.8, 4) is 6.07 Å². The Kier molecular flexibility index (Phi) is 3.72. The molecule has 1 rings (SSSR count). The third-order valence-electron chi connectivity index (χ3n) is 2.00. The average molecular weight is 229 g/mol. The van der Waals surface area contributed by atoms with Gasteiger partial charge in [-0.1, -0.05) is 0 Å². The zero-order chi connectivity index (χ0) is 12.2. The maximum atomic E-state index is 12.0. The molecule has 0 radical (unpaired) electrons. The molecule has 6 heteroatoms. The topological polar surface area (TPSA) is 39.9 Å². The smallest absolute Gasteiger partial charge is 0.359 e. The van der Waals surface area contributed by atoms with E-state index in [-0.39, 0.29) is 6.54 Å². The lowest BCUT2D eigenvalue weighted by Crippen LogP contribution is -2.24. The lowest BCUT2D eigenvalue weighted by Gasteiger charge is -2.18. The number of anilines is 1. The summed E-state index contributed by atoms with van der Waals surface area (Å²) < 4.78 is 35.9. The number of aromatic nitrogens is 1. The maximum absolute atomic E-state index is 12.0. The standard InChI is InChI=1S/C10H10F3N3/c1-16(5-3-10(11,12)13)9-6-8(7-14)2-4-15-9/h2,4,6H,3,5H2,1H3. The predicted octanol–water partition coefficient (Wildman–Crippen LogP) is 2.34. The van der Waals surface area contributed by atoms with Gasteiger partial charge in [-0.25, -0.2) is 4.98 Å². The van der Waals surface area contributed by atoms with Gasteiger partial charge in [0.15, 0.2) is 0 Å². The Morgan fingerprint density at radius 1 is 1.50 bits per heavy atom. The molecule has 0 N–H and O–H groups in total. The van der Waals surface area contributed by atoms with E-state index in [9.17, 15) is 13.2 Å². The highest BCUT2D eigenvalue weighted by atomic mass is 19.4. The highest BCUT2D eigenvalue weighted by Crippen LogP contribution is 2.21. The zero-order valence-electron chi connectivity index (χ0n) is 8.62. The van der Waals surface area contributed by atoms with Crippen molar-refractivity contribution < 1.29 is 13.2 Å². The molecule has 3 nitrogen and oxygen atoms in total. The van der Waals surface area contributed by atoms with E-state index in [1.165, 1.54) is 30.3 Å². The first-order valence-corrected chi connectivity index (χ1v) is 4.56. The Labute approximate surface area is 91.1 Å². The van der Waals surface area contributed by atoms with Gasteiger partial charge < -0.3 is 4.90 Å². The molecule has 16 heavy (non-hydrogen) atoms. The number of alkyl halides is 3. The molecule has 86 valence electrons. The van der Waals surface area contributed by atoms with Crippen molar-refractivity contribution in [1.82, 2.24) is 4.98 Å². The molecule has 0 bridgehead atoms. The summed E-state index contributed by atoms with van der Waals surface area (Å²) in [5.41, 5.74) is 0.379. The number of nitrogens with zero attached hydrogens (tertiary/aromatic N) is 3. The van der Waals surface area contributed by atoms with Crippen molar-refractivity contribution in [1.29, 1.82) is 5.26 Å². The van der Waals surface area contributed by atoms with Crippen LogP contribution in [0.2, 0.25) is 0 Å². The van der Waals surface area contributed by atoms with Crippen molar-refractivity contribution in [2.45, 2.75) is 12.6 Å². The van der Waals surface area contributed by atoms with E-state index in [1.54, 1.807) is 0 Å². The summed E-state index contributed by atoms with van der Waals surface area (Å²) in [4.78, 5) is 5.26. The van der Waals surface area contributed by atoms with Crippen LogP contribution in [0.1, 0.15) is 12.0 Å². The molecule has 0 fully saturated rings. The molecule has 0 saturated heterocycles. The number of nitriles is 1. The number of hydrogen-bond acceptors (Lipinski definition) is 3. The highest BCUT2D eigenvalue weighted by molar-refractivity contribution is 5.44. The van der Waals surface area contributed by atoms with Gasteiger partial charge in [-0.05, 0) is 12.1 Å². The largest absolute Gasteiger partial charge is 0.390 e. The molecule has 0 spiro atoms. The summed E-state index contributed by atoms with van der Waals surface area (Å²) in [7, 11) is 1.51. The van der Waals surface area contributed by atoms with E-state index in [0.717, 1.165) is 0 Å². The zero-order valence-corrected chi connectivity index (χ0v) is 8.62. The van der Waals surface area contributed by atoms with Gasteiger partial charge in [0, 0.05) is 19.8 Å². The van der Waals surface area contributed by atoms with Crippen LogP contribution in [-0.4, -0.2) is 24.8 Å². The Morgan fingerprint density at radius 2 is 2.19 bits per heavy atom. The van der Waals surface area contributed by atoms with Gasteiger partial charge in [-0.2, -0.15) is 18.4 Å². The molecule has 1 aromatic rings. The normalized spacial score (nSPS) is 10.9. The van der Waals surface area contributed by atoms with Crippen LogP contribution < -0.4 is 4.90 Å². The third-order valence-corrected chi connectivity index (χ3v) is 2.00. The Hall–Kier alpha value is -1.77. The van der Waals surface area contributed by atoms with Gasteiger partial charge in [0.05, 0.1) is 18.1 Å². The second-order valence-corrected chi connectivity index (χ2v) is 3.30. The minimum atomic E-state index is -4.18. The number of halogens is 3. The fourth-order valence-electron chi connectivity index (χ4n) is 1.11. The molecule has 0 atom stereocenters. The first kappa shape index (κ1) is 12.3. The second kappa shape index (κ2) is 4.84. The van der Waals surface area contributed by atoms with Crippen molar-refractivity contribution in [3.05, 3.63) is 23.9 Å². The van der Waals surface area contributed by atoms with E-state index in [4.69, 9.17) is 5.26 Å². The lowest BCUT2D eigenvalue weighted by atomic mass is 10.3. The molecular weight excluding hydrogens is 219 g/mol. The molecule has 0 amide bonds. The van der Waals surface area contributed by atoms with Crippen molar-refractivity contribution in [2.75, 3.05) is 18.5 Å². The summed E-state index contributed by atoms with van der Waals surface area (Å²) in [5, 5.41) is 8.63. The van der Waals surface area contributed by atoms with E-state index >= 15 is 0 Å². The molecule has 0 aliphatic carbocycles. The Morgan fingerprint density at radius 3 is 2.75 bits per heavy atom.